The first kappa shape index (κ1) is 21.1. The van der Waals surface area contributed by atoms with Crippen LogP contribution in [0.25, 0.3) is 16.9 Å². The standard InChI is InChI=1S/C22H19N3O4S/c1-15-3-5-17(6-4-15)20-13-21(27)24(12-11-23)22(28)25(20)18-7-9-19(10-8-18)30-14-29-16(2)26/h3-10,13H,12,14H2,1-2H3. The van der Waals surface area contributed by atoms with Crippen LogP contribution in [0.3, 0.4) is 0 Å². The van der Waals surface area contributed by atoms with Crippen molar-refractivity contribution in [2.75, 3.05) is 5.94 Å². The summed E-state index contributed by atoms with van der Waals surface area (Å²) < 4.78 is 7.25. The minimum absolute atomic E-state index is 0.191. The SMILES string of the molecule is CC(=O)OCSc1ccc(-n2c(-c3ccc(C)cc3)cc(=O)n(CC#N)c2=O)cc1. The fourth-order valence-corrected chi connectivity index (χ4v) is 3.54. The van der Waals surface area contributed by atoms with E-state index in [9.17, 15) is 14.4 Å². The quantitative estimate of drug-likeness (QED) is 0.345. The number of ether oxygens (including phenoxy) is 1. The van der Waals surface area contributed by atoms with Gasteiger partial charge in [0.25, 0.3) is 5.56 Å². The van der Waals surface area contributed by atoms with E-state index in [2.05, 4.69) is 0 Å². The van der Waals surface area contributed by atoms with Gasteiger partial charge >= 0.3 is 11.7 Å². The fourth-order valence-electron chi connectivity index (χ4n) is 2.85. The number of carbonyl (C=O) groups is 1. The van der Waals surface area contributed by atoms with E-state index in [0.29, 0.717) is 16.9 Å². The molecule has 3 aromatic rings. The highest BCUT2D eigenvalue weighted by molar-refractivity contribution is 7.99. The van der Waals surface area contributed by atoms with Gasteiger partial charge in [0.05, 0.1) is 17.5 Å². The van der Waals surface area contributed by atoms with Crippen molar-refractivity contribution in [1.82, 2.24) is 9.13 Å². The number of aryl methyl sites for hydroxylation is 1. The molecule has 0 fully saturated rings. The van der Waals surface area contributed by atoms with Crippen LogP contribution in [0.5, 0.6) is 0 Å². The lowest BCUT2D eigenvalue weighted by Gasteiger charge is -2.15. The van der Waals surface area contributed by atoms with E-state index in [-0.39, 0.29) is 18.5 Å². The maximum Gasteiger partial charge on any atom is 0.337 e. The van der Waals surface area contributed by atoms with Gasteiger partial charge in [-0.3, -0.25) is 14.2 Å². The molecule has 1 aromatic heterocycles. The third kappa shape index (κ3) is 4.70. The monoisotopic (exact) mass is 421 g/mol. The number of rotatable bonds is 6. The summed E-state index contributed by atoms with van der Waals surface area (Å²) in [6.07, 6.45) is 0. The number of carbonyl (C=O) groups excluding carboxylic acids is 1. The van der Waals surface area contributed by atoms with E-state index < -0.39 is 11.2 Å². The molecule has 0 aliphatic heterocycles. The molecule has 30 heavy (non-hydrogen) atoms. The van der Waals surface area contributed by atoms with E-state index in [4.69, 9.17) is 10.00 Å². The zero-order valence-electron chi connectivity index (χ0n) is 16.5. The van der Waals surface area contributed by atoms with Gasteiger partial charge in [-0.15, -0.1) is 0 Å². The van der Waals surface area contributed by atoms with Crippen molar-refractivity contribution in [3.8, 4) is 23.0 Å². The summed E-state index contributed by atoms with van der Waals surface area (Å²) in [6.45, 7) is 2.97. The molecule has 0 radical (unpaired) electrons. The van der Waals surface area contributed by atoms with Crippen LogP contribution in [0.1, 0.15) is 12.5 Å². The molecule has 0 aliphatic rings. The average molecular weight is 421 g/mol. The van der Waals surface area contributed by atoms with Gasteiger partial charge in [-0.05, 0) is 36.8 Å². The summed E-state index contributed by atoms with van der Waals surface area (Å²) in [6, 6.07) is 17.8. The summed E-state index contributed by atoms with van der Waals surface area (Å²) in [7, 11) is 0. The Morgan fingerprint density at radius 1 is 1.10 bits per heavy atom. The van der Waals surface area contributed by atoms with E-state index in [1.807, 2.05) is 37.3 Å². The molecule has 0 atom stereocenters. The van der Waals surface area contributed by atoms with Crippen LogP contribution >= 0.6 is 11.8 Å². The van der Waals surface area contributed by atoms with Crippen LogP contribution < -0.4 is 11.2 Å². The van der Waals surface area contributed by atoms with Crippen molar-refractivity contribution < 1.29 is 9.53 Å². The van der Waals surface area contributed by atoms with Gasteiger partial charge in [0.2, 0.25) is 0 Å². The maximum atomic E-state index is 13.1. The third-order valence-corrected chi connectivity index (χ3v) is 5.19. The van der Waals surface area contributed by atoms with E-state index >= 15 is 0 Å². The van der Waals surface area contributed by atoms with Gasteiger partial charge in [0, 0.05) is 17.9 Å². The van der Waals surface area contributed by atoms with Crippen LogP contribution in [0.2, 0.25) is 0 Å². The zero-order valence-corrected chi connectivity index (χ0v) is 17.3. The largest absolute Gasteiger partial charge is 0.454 e. The predicted octanol–water partition coefficient (Wildman–Crippen LogP) is 3.11. The average Bonchev–Trinajstić information content (AvgIpc) is 2.72. The van der Waals surface area contributed by atoms with E-state index in [1.165, 1.54) is 29.3 Å². The lowest BCUT2D eigenvalue weighted by Crippen LogP contribution is -2.39. The number of thioether (sulfide) groups is 1. The van der Waals surface area contributed by atoms with Crippen molar-refractivity contribution in [3.05, 3.63) is 81.0 Å². The third-order valence-electron chi connectivity index (χ3n) is 4.35. The van der Waals surface area contributed by atoms with Crippen molar-refractivity contribution >= 4 is 17.7 Å². The number of hydrogen-bond donors (Lipinski definition) is 0. The highest BCUT2D eigenvalue weighted by atomic mass is 32.2. The Hall–Kier alpha value is -3.57. The van der Waals surface area contributed by atoms with E-state index in [0.717, 1.165) is 15.0 Å². The molecule has 8 heteroatoms. The molecule has 3 rings (SSSR count). The molecule has 0 saturated heterocycles. The summed E-state index contributed by atoms with van der Waals surface area (Å²) in [4.78, 5) is 37.3. The van der Waals surface area contributed by atoms with Crippen LogP contribution in [0, 0.1) is 18.3 Å². The lowest BCUT2D eigenvalue weighted by molar-refractivity contribution is -0.138. The minimum Gasteiger partial charge on any atom is -0.454 e. The second-order valence-electron chi connectivity index (χ2n) is 6.49. The van der Waals surface area contributed by atoms with Crippen LogP contribution in [-0.2, 0) is 16.1 Å². The maximum absolute atomic E-state index is 13.1. The predicted molar refractivity (Wildman–Crippen MR) is 115 cm³/mol. The molecular weight excluding hydrogens is 402 g/mol. The van der Waals surface area contributed by atoms with Crippen molar-refractivity contribution in [3.63, 3.8) is 0 Å². The number of nitriles is 1. The molecule has 0 N–H and O–H groups in total. The Kier molecular flexibility index (Phi) is 6.54. The van der Waals surface area contributed by atoms with Gasteiger partial charge < -0.3 is 4.74 Å². The molecule has 2 aromatic carbocycles. The Balaban J connectivity index is 2.10. The Bertz CT molecular complexity index is 1220. The normalized spacial score (nSPS) is 10.4. The Morgan fingerprint density at radius 2 is 1.77 bits per heavy atom. The molecule has 7 nitrogen and oxygen atoms in total. The number of benzene rings is 2. The number of esters is 1. The number of nitrogens with zero attached hydrogens (tertiary/aromatic N) is 3. The lowest BCUT2D eigenvalue weighted by atomic mass is 10.1. The van der Waals surface area contributed by atoms with Crippen LogP contribution in [0.4, 0.5) is 0 Å². The van der Waals surface area contributed by atoms with Gasteiger partial charge in [-0.25, -0.2) is 9.36 Å². The van der Waals surface area contributed by atoms with E-state index in [1.54, 1.807) is 24.3 Å². The molecule has 0 amide bonds. The van der Waals surface area contributed by atoms with Gasteiger partial charge in [-0.2, -0.15) is 5.26 Å². The van der Waals surface area contributed by atoms with Crippen molar-refractivity contribution in [2.24, 2.45) is 0 Å². The molecule has 0 bridgehead atoms. The van der Waals surface area contributed by atoms with Crippen LogP contribution in [-0.4, -0.2) is 21.0 Å². The van der Waals surface area contributed by atoms with Gasteiger partial charge in [0.1, 0.15) is 12.5 Å². The van der Waals surface area contributed by atoms with Crippen LogP contribution in [0.15, 0.2) is 69.1 Å². The molecule has 0 aliphatic carbocycles. The summed E-state index contributed by atoms with van der Waals surface area (Å²) in [5, 5.41) is 9.01. The fraction of sp³-hybridized carbons (Fsp3) is 0.182. The first-order valence-electron chi connectivity index (χ1n) is 9.08. The molecule has 152 valence electrons. The Labute approximate surface area is 177 Å². The van der Waals surface area contributed by atoms with Crippen molar-refractivity contribution in [1.29, 1.82) is 5.26 Å². The molecule has 1 heterocycles. The Morgan fingerprint density at radius 3 is 2.37 bits per heavy atom. The smallest absolute Gasteiger partial charge is 0.337 e. The highest BCUT2D eigenvalue weighted by Gasteiger charge is 2.15. The van der Waals surface area contributed by atoms with Gasteiger partial charge in [-0.1, -0.05) is 41.6 Å². The molecule has 0 saturated carbocycles. The first-order valence-corrected chi connectivity index (χ1v) is 10.1. The van der Waals surface area contributed by atoms with Gasteiger partial charge in [0.15, 0.2) is 0 Å². The number of hydrogen-bond acceptors (Lipinski definition) is 6. The van der Waals surface area contributed by atoms with Crippen molar-refractivity contribution in [2.45, 2.75) is 25.3 Å². The highest BCUT2D eigenvalue weighted by Crippen LogP contribution is 2.23. The first-order chi connectivity index (χ1) is 14.4. The second-order valence-corrected chi connectivity index (χ2v) is 7.48. The number of aromatic nitrogens is 2. The summed E-state index contributed by atoms with van der Waals surface area (Å²) >= 11 is 1.34. The minimum atomic E-state index is -0.583. The summed E-state index contributed by atoms with van der Waals surface area (Å²) in [5.74, 6) is -0.163. The topological polar surface area (TPSA) is 94.1 Å². The molecular formula is C22H19N3O4S. The molecule has 0 unspecified atom stereocenters. The molecule has 0 spiro atoms. The summed E-state index contributed by atoms with van der Waals surface area (Å²) in [5.41, 5.74) is 1.66. The second kappa shape index (κ2) is 9.29. The zero-order chi connectivity index (χ0) is 21.7.